The zero-order chi connectivity index (χ0) is 27.6. The van der Waals surface area contributed by atoms with Gasteiger partial charge in [-0.1, -0.05) is 12.1 Å². The molecule has 0 unspecified atom stereocenters. The minimum Gasteiger partial charge on any atom is -0.478 e. The summed E-state index contributed by atoms with van der Waals surface area (Å²) in [5.41, 5.74) is 6.51. The Labute approximate surface area is 223 Å². The summed E-state index contributed by atoms with van der Waals surface area (Å²) in [6, 6.07) is 5.57. The molecule has 0 bridgehead atoms. The van der Waals surface area contributed by atoms with E-state index in [1.54, 1.807) is 17.0 Å². The molecule has 1 saturated carbocycles. The molecule has 208 valence electrons. The molecule has 2 atom stereocenters. The molecule has 0 spiro atoms. The number of hydrogen-bond donors (Lipinski definition) is 3. The quantitative estimate of drug-likeness (QED) is 0.317. The van der Waals surface area contributed by atoms with Crippen molar-refractivity contribution in [2.75, 3.05) is 39.0 Å². The van der Waals surface area contributed by atoms with E-state index in [0.29, 0.717) is 70.4 Å². The van der Waals surface area contributed by atoms with Crippen molar-refractivity contribution in [2.45, 2.75) is 50.6 Å². The van der Waals surface area contributed by atoms with Gasteiger partial charge in [0.2, 0.25) is 15.9 Å². The number of rotatable bonds is 8. The van der Waals surface area contributed by atoms with Crippen LogP contribution in [0.15, 0.2) is 24.3 Å². The molecule has 1 amide bonds. The monoisotopic (exact) mass is 547 g/mol. The number of hydrogen-bond acceptors (Lipinski definition) is 7. The smallest absolute Gasteiger partial charge is 0.335 e. The number of sulfonamides is 1. The topological polar surface area (TPSA) is 165 Å². The normalized spacial score (nSPS) is 27.2. The Morgan fingerprint density at radius 1 is 1.00 bits per heavy atom. The molecule has 3 fully saturated rings. The lowest BCUT2D eigenvalue weighted by molar-refractivity contribution is -0.141. The molecule has 1 aliphatic carbocycles. The van der Waals surface area contributed by atoms with Crippen molar-refractivity contribution in [3.63, 3.8) is 0 Å². The van der Waals surface area contributed by atoms with Gasteiger partial charge in [-0.05, 0) is 49.8 Å². The molecule has 38 heavy (non-hydrogen) atoms. The molecule has 2 saturated heterocycles. The van der Waals surface area contributed by atoms with Gasteiger partial charge in [-0.15, -0.1) is 0 Å². The highest BCUT2D eigenvalue weighted by Gasteiger charge is 2.44. The van der Waals surface area contributed by atoms with Gasteiger partial charge in [-0.3, -0.25) is 19.9 Å². The fourth-order valence-electron chi connectivity index (χ4n) is 6.00. The number of amidine groups is 1. The number of nitrogens with one attached hydrogen (secondary N) is 1. The Hall–Kier alpha value is -2.83. The second kappa shape index (κ2) is 11.5. The Morgan fingerprint density at radius 2 is 1.58 bits per heavy atom. The number of ketones is 1. The number of likely N-dealkylation sites (tertiary alicyclic amines) is 1. The van der Waals surface area contributed by atoms with E-state index in [9.17, 15) is 22.8 Å². The Morgan fingerprint density at radius 3 is 2.11 bits per heavy atom. The molecular weight excluding hydrogens is 510 g/mol. The minimum atomic E-state index is -3.26. The summed E-state index contributed by atoms with van der Waals surface area (Å²) in [5.74, 6) is -1.21. The number of carboxylic acid groups (broad SMARTS) is 1. The first kappa shape index (κ1) is 28.2. The van der Waals surface area contributed by atoms with Crippen LogP contribution in [0.2, 0.25) is 0 Å². The lowest BCUT2D eigenvalue weighted by Crippen LogP contribution is -2.52. The van der Waals surface area contributed by atoms with Crippen molar-refractivity contribution >= 4 is 33.5 Å². The number of piperazine rings is 1. The molecule has 0 radical (unpaired) electrons. The third kappa shape index (κ3) is 6.41. The van der Waals surface area contributed by atoms with Gasteiger partial charge in [0.25, 0.3) is 0 Å². The zero-order valence-corrected chi connectivity index (χ0v) is 22.5. The van der Waals surface area contributed by atoms with Gasteiger partial charge in [0.1, 0.15) is 0 Å². The van der Waals surface area contributed by atoms with E-state index in [1.165, 1.54) is 22.7 Å². The van der Waals surface area contributed by atoms with Crippen molar-refractivity contribution in [3.8, 4) is 0 Å². The van der Waals surface area contributed by atoms with E-state index in [2.05, 4.69) is 4.90 Å². The van der Waals surface area contributed by atoms with Crippen LogP contribution in [-0.2, 0) is 26.0 Å². The summed E-state index contributed by atoms with van der Waals surface area (Å²) in [4.78, 5) is 42.3. The van der Waals surface area contributed by atoms with Gasteiger partial charge in [0, 0.05) is 57.0 Å². The number of Topliss-reactive ketones (excluding diaryl/α,β-unsaturated/α-hetero) is 1. The first-order valence-corrected chi connectivity index (χ1v) is 15.0. The largest absolute Gasteiger partial charge is 0.478 e. The minimum absolute atomic E-state index is 0.00252. The third-order valence-electron chi connectivity index (χ3n) is 8.29. The third-order valence-corrected chi connectivity index (χ3v) is 9.59. The van der Waals surface area contributed by atoms with Crippen molar-refractivity contribution in [3.05, 3.63) is 35.4 Å². The van der Waals surface area contributed by atoms with Gasteiger partial charge in [0.15, 0.2) is 5.78 Å². The Balaban J connectivity index is 1.48. The van der Waals surface area contributed by atoms with Crippen molar-refractivity contribution in [1.82, 2.24) is 14.1 Å². The Bertz CT molecular complexity index is 1170. The number of amides is 1. The summed E-state index contributed by atoms with van der Waals surface area (Å²) in [6.07, 6.45) is 4.43. The highest BCUT2D eigenvalue weighted by atomic mass is 32.2. The molecule has 12 heteroatoms. The maximum Gasteiger partial charge on any atom is 0.335 e. The van der Waals surface area contributed by atoms with Crippen molar-refractivity contribution < 1.29 is 27.9 Å². The van der Waals surface area contributed by atoms with Crippen LogP contribution in [0.25, 0.3) is 0 Å². The fraction of sp³-hybridized carbons (Fsp3) is 0.615. The van der Waals surface area contributed by atoms with Crippen LogP contribution in [-0.4, -0.2) is 102 Å². The molecule has 11 nitrogen and oxygen atoms in total. The SMILES string of the molecule is CS(=O)(=O)N1CCN([C@H]2C[C@@H](C(=O)Cc3ccc(C(=O)O)cc3)N(C(=O)C3CCC(C(=N)N)CC3)C2)CC1. The molecule has 3 aliphatic rings. The van der Waals surface area contributed by atoms with E-state index in [4.69, 9.17) is 16.2 Å². The lowest BCUT2D eigenvalue weighted by atomic mass is 9.80. The molecular formula is C26H37N5O6S. The number of aromatic carboxylic acids is 1. The maximum atomic E-state index is 13.7. The molecule has 4 N–H and O–H groups in total. The predicted octanol–water partition coefficient (Wildman–Crippen LogP) is 0.785. The second-order valence-electron chi connectivity index (χ2n) is 10.7. The molecule has 2 heterocycles. The summed E-state index contributed by atoms with van der Waals surface area (Å²) >= 11 is 0. The standard InChI is InChI=1S/C26H37N5O6S/c1-38(36,37)30-12-10-29(11-13-30)21-15-22(23(32)14-17-2-4-20(5-3-17)26(34)35)31(16-21)25(33)19-8-6-18(7-9-19)24(27)28/h2-5,18-19,21-22H,6-16H2,1H3,(H3,27,28)(H,34,35)/t18?,19?,21-,22-/m0/s1. The molecule has 2 aliphatic heterocycles. The molecule has 1 aromatic carbocycles. The number of carbonyl (C=O) groups is 3. The zero-order valence-electron chi connectivity index (χ0n) is 21.7. The number of benzene rings is 1. The van der Waals surface area contributed by atoms with Crippen LogP contribution >= 0.6 is 0 Å². The number of carbonyl (C=O) groups excluding carboxylic acids is 2. The molecule has 1 aromatic rings. The summed E-state index contributed by atoms with van der Waals surface area (Å²) in [6.45, 7) is 2.26. The van der Waals surface area contributed by atoms with E-state index >= 15 is 0 Å². The number of carboxylic acids is 1. The average molecular weight is 548 g/mol. The van der Waals surface area contributed by atoms with E-state index in [-0.39, 0.29) is 47.4 Å². The van der Waals surface area contributed by atoms with E-state index < -0.39 is 22.0 Å². The first-order valence-electron chi connectivity index (χ1n) is 13.1. The summed E-state index contributed by atoms with van der Waals surface area (Å²) in [5, 5.41) is 16.9. The fourth-order valence-corrected chi connectivity index (χ4v) is 6.82. The van der Waals surface area contributed by atoms with Crippen molar-refractivity contribution in [2.24, 2.45) is 17.6 Å². The van der Waals surface area contributed by atoms with Crippen LogP contribution in [0.3, 0.4) is 0 Å². The van der Waals surface area contributed by atoms with Gasteiger partial charge >= 0.3 is 5.97 Å². The van der Waals surface area contributed by atoms with Crippen LogP contribution in [0.5, 0.6) is 0 Å². The van der Waals surface area contributed by atoms with Crippen LogP contribution < -0.4 is 5.73 Å². The van der Waals surface area contributed by atoms with Gasteiger partial charge < -0.3 is 15.7 Å². The van der Waals surface area contributed by atoms with Crippen molar-refractivity contribution in [1.29, 1.82) is 5.41 Å². The molecule has 0 aromatic heterocycles. The number of nitrogens with zero attached hydrogens (tertiary/aromatic N) is 3. The van der Waals surface area contributed by atoms with E-state index in [1.807, 2.05) is 0 Å². The molecule has 4 rings (SSSR count). The lowest BCUT2D eigenvalue weighted by Gasteiger charge is -2.37. The Kier molecular flexibility index (Phi) is 8.53. The van der Waals surface area contributed by atoms with Crippen LogP contribution in [0, 0.1) is 17.2 Å². The summed E-state index contributed by atoms with van der Waals surface area (Å²) < 4.78 is 25.3. The van der Waals surface area contributed by atoms with E-state index in [0.717, 1.165) is 0 Å². The van der Waals surface area contributed by atoms with Gasteiger partial charge in [0.05, 0.1) is 23.7 Å². The highest BCUT2D eigenvalue weighted by Crippen LogP contribution is 2.33. The van der Waals surface area contributed by atoms with Gasteiger partial charge in [-0.25, -0.2) is 13.2 Å². The predicted molar refractivity (Wildman–Crippen MR) is 141 cm³/mol. The second-order valence-corrected chi connectivity index (χ2v) is 12.7. The number of nitrogens with two attached hydrogens (primary N) is 1. The van der Waals surface area contributed by atoms with Crippen LogP contribution in [0.4, 0.5) is 0 Å². The highest BCUT2D eigenvalue weighted by molar-refractivity contribution is 7.88. The average Bonchev–Trinajstić information content (AvgIpc) is 3.34. The van der Waals surface area contributed by atoms with Gasteiger partial charge in [-0.2, -0.15) is 4.31 Å². The first-order chi connectivity index (χ1) is 17.9. The maximum absolute atomic E-state index is 13.7. The summed E-state index contributed by atoms with van der Waals surface area (Å²) in [7, 11) is -3.26. The van der Waals surface area contributed by atoms with Crippen LogP contribution in [0.1, 0.15) is 48.0 Å².